The van der Waals surface area contributed by atoms with Crippen molar-refractivity contribution in [1.82, 2.24) is 10.8 Å². The van der Waals surface area contributed by atoms with E-state index in [2.05, 4.69) is 5.32 Å². The van der Waals surface area contributed by atoms with Crippen molar-refractivity contribution in [3.8, 4) is 0 Å². The first-order valence-electron chi connectivity index (χ1n) is 3.91. The Balaban J connectivity index is 0. The Morgan fingerprint density at radius 3 is 2.00 bits per heavy atom. The molecule has 0 radical (unpaired) electrons. The molecule has 0 amide bonds. The van der Waals surface area contributed by atoms with Crippen molar-refractivity contribution < 1.29 is 51.4 Å². The zero-order valence-electron chi connectivity index (χ0n) is 7.65. The summed E-state index contributed by atoms with van der Waals surface area (Å²) in [6.07, 6.45) is 4.61. The van der Waals surface area contributed by atoms with Gasteiger partial charge in [-0.3, -0.25) is 0 Å². The Morgan fingerprint density at radius 1 is 1.00 bits per heavy atom. The van der Waals surface area contributed by atoms with Crippen molar-refractivity contribution >= 4 is 0 Å². The molecule has 0 aliphatic heterocycles. The van der Waals surface area contributed by atoms with Crippen molar-refractivity contribution in [1.29, 1.82) is 0 Å². The van der Waals surface area contributed by atoms with Gasteiger partial charge in [-0.2, -0.15) is 0 Å². The number of nitrogens with one attached hydrogen (secondary N) is 2. The van der Waals surface area contributed by atoms with Gasteiger partial charge in [-0.1, -0.05) is 12.8 Å². The largest absolute Gasteiger partial charge is 1.00 e. The van der Waals surface area contributed by atoms with Crippen LogP contribution in [0.4, 0.5) is 0 Å². The van der Waals surface area contributed by atoms with Crippen LogP contribution in [0, 0.1) is 5.21 Å². The van der Waals surface area contributed by atoms with Crippen molar-refractivity contribution in [2.45, 2.75) is 25.7 Å². The fourth-order valence-corrected chi connectivity index (χ4v) is 0.852. The molecule has 0 aromatic rings. The molecule has 62 valence electrons. The van der Waals surface area contributed by atoms with E-state index in [0.717, 1.165) is 19.4 Å². The Kier molecular flexibility index (Phi) is 19.2. The van der Waals surface area contributed by atoms with Gasteiger partial charge in [-0.15, -0.1) is 0 Å². The third-order valence-electron chi connectivity index (χ3n) is 1.46. The van der Waals surface area contributed by atoms with E-state index in [-0.39, 0.29) is 51.4 Å². The third kappa shape index (κ3) is 14.4. The minimum absolute atomic E-state index is 0. The molecule has 0 unspecified atom stereocenters. The van der Waals surface area contributed by atoms with Gasteiger partial charge in [0.2, 0.25) is 0 Å². The number of rotatable bonds is 7. The summed E-state index contributed by atoms with van der Waals surface area (Å²) < 4.78 is 0. The minimum atomic E-state index is 0. The summed E-state index contributed by atoms with van der Waals surface area (Å²) in [6.45, 7) is 1.70. The monoisotopic (exact) mass is 184 g/mol. The van der Waals surface area contributed by atoms with Crippen molar-refractivity contribution in [3.63, 3.8) is 0 Å². The van der Waals surface area contributed by atoms with Crippen LogP contribution in [0.2, 0.25) is 0 Å². The van der Waals surface area contributed by atoms with E-state index in [4.69, 9.17) is 0 Å². The molecule has 0 heterocycles. The molecule has 0 aliphatic carbocycles. The maximum Gasteiger partial charge on any atom is 1.00 e. The molecule has 0 saturated heterocycles. The average Bonchev–Trinajstić information content (AvgIpc) is 1.97. The van der Waals surface area contributed by atoms with Crippen LogP contribution in [0.1, 0.15) is 25.7 Å². The normalized spacial score (nSPS) is 9.27. The summed E-state index contributed by atoms with van der Waals surface area (Å²) in [7, 11) is 1.96. The first-order chi connectivity index (χ1) is 4.91. The van der Waals surface area contributed by atoms with Crippen molar-refractivity contribution in [3.05, 3.63) is 5.21 Å². The maximum atomic E-state index is 9.76. The van der Waals surface area contributed by atoms with E-state index in [9.17, 15) is 5.21 Å². The second-order valence-corrected chi connectivity index (χ2v) is 2.41. The number of hydroxylamine groups is 1. The third-order valence-corrected chi connectivity index (χ3v) is 1.46. The first-order valence-corrected chi connectivity index (χ1v) is 3.91. The number of hydrogen-bond acceptors (Lipinski definition) is 3. The Hall–Kier alpha value is 1.52. The molecule has 0 aliphatic rings. The fourth-order valence-electron chi connectivity index (χ4n) is 0.852. The van der Waals surface area contributed by atoms with E-state index >= 15 is 0 Å². The summed E-state index contributed by atoms with van der Waals surface area (Å²) in [5.41, 5.74) is 1.89. The first kappa shape index (κ1) is 15.0. The molecule has 2 N–H and O–H groups in total. The van der Waals surface area contributed by atoms with Gasteiger partial charge in [0.05, 0.1) is 0 Å². The van der Waals surface area contributed by atoms with Crippen LogP contribution in [-0.4, -0.2) is 20.1 Å². The van der Waals surface area contributed by atoms with Crippen LogP contribution >= 0.6 is 0 Å². The van der Waals surface area contributed by atoms with E-state index in [0.29, 0.717) is 6.54 Å². The Morgan fingerprint density at radius 2 is 1.55 bits per heavy atom. The molecule has 0 bridgehead atoms. The fraction of sp³-hybridized carbons (Fsp3) is 1.00. The van der Waals surface area contributed by atoms with Crippen LogP contribution in [0.3, 0.4) is 0 Å². The molecule has 4 heteroatoms. The van der Waals surface area contributed by atoms with E-state index in [1.807, 2.05) is 12.5 Å². The molecule has 0 aromatic heterocycles. The second kappa shape index (κ2) is 14.1. The Labute approximate surface area is 112 Å². The van der Waals surface area contributed by atoms with Gasteiger partial charge >= 0.3 is 51.4 Å². The summed E-state index contributed by atoms with van der Waals surface area (Å²) >= 11 is 0. The van der Waals surface area contributed by atoms with Gasteiger partial charge in [-0.25, -0.2) is 0 Å². The van der Waals surface area contributed by atoms with E-state index in [1.165, 1.54) is 12.8 Å². The summed E-state index contributed by atoms with van der Waals surface area (Å²) in [5.74, 6) is 0. The van der Waals surface area contributed by atoms with Crippen LogP contribution in [-0.2, 0) is 0 Å². The molecule has 0 aromatic carbocycles. The van der Waals surface area contributed by atoms with Crippen LogP contribution < -0.4 is 62.2 Å². The van der Waals surface area contributed by atoms with E-state index in [1.54, 1.807) is 0 Å². The van der Waals surface area contributed by atoms with Gasteiger partial charge in [0, 0.05) is 0 Å². The number of hydrogen-bond donors (Lipinski definition) is 2. The molecule has 0 spiro atoms. The van der Waals surface area contributed by atoms with Crippen LogP contribution in [0.25, 0.3) is 0 Å². The van der Waals surface area contributed by atoms with E-state index < -0.39 is 0 Å². The van der Waals surface area contributed by atoms with Gasteiger partial charge in [0.15, 0.2) is 0 Å². The van der Waals surface area contributed by atoms with Gasteiger partial charge in [-0.05, 0) is 33.0 Å². The standard InChI is InChI=1S/C7H17N2O.K/c1-8-6-4-2-3-5-7-9-10;/h8-9H,2-7H2,1H3;/q-1;+1. The van der Waals surface area contributed by atoms with Crippen molar-refractivity contribution in [2.75, 3.05) is 20.1 Å². The predicted octanol–water partition coefficient (Wildman–Crippen LogP) is -2.14. The van der Waals surface area contributed by atoms with Crippen molar-refractivity contribution in [2.24, 2.45) is 0 Å². The zero-order valence-corrected chi connectivity index (χ0v) is 10.8. The SMILES string of the molecule is CNCCCCCCN[O-].[K+]. The Bertz CT molecular complexity index is 56.4. The smallest absolute Gasteiger partial charge is 0.788 e. The molecule has 3 nitrogen and oxygen atoms in total. The van der Waals surface area contributed by atoms with Crippen LogP contribution in [0.5, 0.6) is 0 Å². The topological polar surface area (TPSA) is 47.1 Å². The molecular formula is C7H17KN2O. The van der Waals surface area contributed by atoms with Gasteiger partial charge in [0.1, 0.15) is 0 Å². The molecular weight excluding hydrogens is 167 g/mol. The van der Waals surface area contributed by atoms with Crippen LogP contribution in [0.15, 0.2) is 0 Å². The zero-order chi connectivity index (χ0) is 7.66. The summed E-state index contributed by atoms with van der Waals surface area (Å²) in [6, 6.07) is 0. The average molecular weight is 184 g/mol. The summed E-state index contributed by atoms with van der Waals surface area (Å²) in [5, 5.41) is 12.8. The van der Waals surface area contributed by atoms with Gasteiger partial charge < -0.3 is 16.0 Å². The quantitative estimate of drug-likeness (QED) is 0.270. The summed E-state index contributed by atoms with van der Waals surface area (Å²) in [4.78, 5) is 0. The molecule has 0 rings (SSSR count). The predicted molar refractivity (Wildman–Crippen MR) is 43.8 cm³/mol. The van der Waals surface area contributed by atoms with Gasteiger partial charge in [0.25, 0.3) is 0 Å². The number of unbranched alkanes of at least 4 members (excludes halogenated alkanes) is 3. The molecule has 11 heavy (non-hydrogen) atoms. The molecule has 0 saturated carbocycles. The minimum Gasteiger partial charge on any atom is -0.788 e. The molecule has 0 atom stereocenters. The second-order valence-electron chi connectivity index (χ2n) is 2.41. The molecule has 0 fully saturated rings. The maximum absolute atomic E-state index is 9.76.